The Morgan fingerprint density at radius 2 is 1.88 bits per heavy atom. The Morgan fingerprint density at radius 3 is 2.54 bits per heavy atom. The van der Waals surface area contributed by atoms with Gasteiger partial charge in [-0.3, -0.25) is 0 Å². The number of hydrogen-bond acceptors (Lipinski definition) is 5. The molecular formula is C18H19FO5. The van der Waals surface area contributed by atoms with Crippen LogP contribution in [0.25, 0.3) is 11.1 Å². The molecular weight excluding hydrogens is 315 g/mol. The van der Waals surface area contributed by atoms with E-state index < -0.39 is 5.97 Å². The third-order valence-electron chi connectivity index (χ3n) is 3.47. The number of carbonyl (C=O) groups excluding carboxylic acids is 1. The van der Waals surface area contributed by atoms with Crippen molar-refractivity contribution < 1.29 is 28.5 Å². The first-order valence-corrected chi connectivity index (χ1v) is 7.34. The second-order valence-electron chi connectivity index (χ2n) is 5.03. The zero-order valence-corrected chi connectivity index (χ0v) is 13.5. The molecule has 5 nitrogen and oxygen atoms in total. The lowest BCUT2D eigenvalue weighted by Crippen LogP contribution is -2.05. The Kier molecular flexibility index (Phi) is 6.28. The van der Waals surface area contributed by atoms with Gasteiger partial charge < -0.3 is 19.3 Å². The molecule has 2 rings (SSSR count). The van der Waals surface area contributed by atoms with Crippen molar-refractivity contribution in [1.82, 2.24) is 0 Å². The molecule has 0 aliphatic rings. The summed E-state index contributed by atoms with van der Waals surface area (Å²) in [4.78, 5) is 11.7. The van der Waals surface area contributed by atoms with Gasteiger partial charge in [-0.2, -0.15) is 0 Å². The van der Waals surface area contributed by atoms with Crippen molar-refractivity contribution in [3.8, 4) is 16.9 Å². The van der Waals surface area contributed by atoms with Gasteiger partial charge in [0.1, 0.15) is 11.6 Å². The van der Waals surface area contributed by atoms with Crippen LogP contribution in [0.1, 0.15) is 15.9 Å². The summed E-state index contributed by atoms with van der Waals surface area (Å²) in [5.74, 6) is -0.461. The van der Waals surface area contributed by atoms with Crippen LogP contribution in [-0.2, 0) is 15.9 Å². The molecule has 1 N–H and O–H groups in total. The van der Waals surface area contributed by atoms with E-state index in [0.717, 1.165) is 0 Å². The zero-order valence-electron chi connectivity index (χ0n) is 13.5. The van der Waals surface area contributed by atoms with Crippen molar-refractivity contribution in [1.29, 1.82) is 0 Å². The van der Waals surface area contributed by atoms with Crippen LogP contribution in [0.4, 0.5) is 4.39 Å². The molecule has 0 bridgehead atoms. The van der Waals surface area contributed by atoms with Gasteiger partial charge >= 0.3 is 5.97 Å². The number of rotatable bonds is 7. The van der Waals surface area contributed by atoms with E-state index in [-0.39, 0.29) is 19.2 Å². The quantitative estimate of drug-likeness (QED) is 0.623. The fourth-order valence-corrected chi connectivity index (χ4v) is 2.38. The van der Waals surface area contributed by atoms with Crippen LogP contribution in [-0.4, -0.2) is 38.7 Å². The predicted molar refractivity (Wildman–Crippen MR) is 86.5 cm³/mol. The summed E-state index contributed by atoms with van der Waals surface area (Å²) in [6.07, 6.45) is 0.301. The minimum Gasteiger partial charge on any atom is -0.467 e. The molecule has 0 aliphatic carbocycles. The number of carbonyl (C=O) groups is 1. The maximum atomic E-state index is 13.5. The maximum Gasteiger partial charge on any atom is 0.337 e. The molecule has 0 fully saturated rings. The lowest BCUT2D eigenvalue weighted by atomic mass is 9.96. The van der Waals surface area contributed by atoms with Crippen molar-refractivity contribution in [2.75, 3.05) is 27.6 Å². The van der Waals surface area contributed by atoms with E-state index in [2.05, 4.69) is 0 Å². The highest BCUT2D eigenvalue weighted by atomic mass is 19.1. The molecule has 0 radical (unpaired) electrons. The standard InChI is InChI=1S/C18H19FO5/c1-22-11-24-17-10-13(18(21)23-2)3-5-16(17)15-6-4-14(19)9-12(15)7-8-20/h3-6,9-10,20H,7-8,11H2,1-2H3. The first-order chi connectivity index (χ1) is 11.6. The maximum absolute atomic E-state index is 13.5. The second-order valence-corrected chi connectivity index (χ2v) is 5.03. The second kappa shape index (κ2) is 8.42. The smallest absolute Gasteiger partial charge is 0.337 e. The molecule has 0 heterocycles. The van der Waals surface area contributed by atoms with Gasteiger partial charge in [0.15, 0.2) is 6.79 Å². The normalized spacial score (nSPS) is 10.5. The summed E-state index contributed by atoms with van der Waals surface area (Å²) in [5.41, 5.74) is 2.36. The number of ether oxygens (including phenoxy) is 3. The lowest BCUT2D eigenvalue weighted by Gasteiger charge is -2.15. The summed E-state index contributed by atoms with van der Waals surface area (Å²) in [5, 5.41) is 9.21. The Balaban J connectivity index is 2.54. The number of benzene rings is 2. The number of aliphatic hydroxyl groups excluding tert-OH is 1. The summed E-state index contributed by atoms with van der Waals surface area (Å²) in [7, 11) is 2.78. The third-order valence-corrected chi connectivity index (χ3v) is 3.47. The SMILES string of the molecule is COCOc1cc(C(=O)OC)ccc1-c1ccc(F)cc1CCO. The van der Waals surface area contributed by atoms with E-state index >= 15 is 0 Å². The highest BCUT2D eigenvalue weighted by Crippen LogP contribution is 2.34. The van der Waals surface area contributed by atoms with Gasteiger partial charge in [0, 0.05) is 19.3 Å². The molecule has 0 atom stereocenters. The van der Waals surface area contributed by atoms with Crippen LogP contribution in [0.15, 0.2) is 36.4 Å². The van der Waals surface area contributed by atoms with Gasteiger partial charge in [0.05, 0.1) is 12.7 Å². The molecule has 128 valence electrons. The molecule has 0 aromatic heterocycles. The van der Waals surface area contributed by atoms with Crippen LogP contribution >= 0.6 is 0 Å². The minimum absolute atomic E-state index is 0.00580. The van der Waals surface area contributed by atoms with Gasteiger partial charge in [-0.1, -0.05) is 6.07 Å². The first kappa shape index (κ1) is 17.9. The highest BCUT2D eigenvalue weighted by Gasteiger charge is 2.15. The molecule has 2 aromatic rings. The Morgan fingerprint density at radius 1 is 1.12 bits per heavy atom. The molecule has 0 aliphatic heterocycles. The van der Waals surface area contributed by atoms with Gasteiger partial charge in [0.25, 0.3) is 0 Å². The molecule has 0 unspecified atom stereocenters. The van der Waals surface area contributed by atoms with Gasteiger partial charge in [-0.15, -0.1) is 0 Å². The number of aliphatic hydroxyl groups is 1. The van der Waals surface area contributed by atoms with E-state index in [1.54, 1.807) is 24.3 Å². The Hall–Kier alpha value is -2.44. The highest BCUT2D eigenvalue weighted by molar-refractivity contribution is 5.91. The summed E-state index contributed by atoms with van der Waals surface area (Å²) >= 11 is 0. The van der Waals surface area contributed by atoms with Crippen LogP contribution in [0.5, 0.6) is 5.75 Å². The summed E-state index contributed by atoms with van der Waals surface area (Å²) in [6, 6.07) is 9.18. The molecule has 24 heavy (non-hydrogen) atoms. The minimum atomic E-state index is -0.487. The number of esters is 1. The average molecular weight is 334 g/mol. The fourth-order valence-electron chi connectivity index (χ4n) is 2.38. The van der Waals surface area contributed by atoms with Crippen molar-refractivity contribution in [3.63, 3.8) is 0 Å². The van der Waals surface area contributed by atoms with Crippen LogP contribution in [0.3, 0.4) is 0 Å². The molecule has 0 spiro atoms. The topological polar surface area (TPSA) is 65.0 Å². The molecule has 0 amide bonds. The average Bonchev–Trinajstić information content (AvgIpc) is 2.60. The van der Waals surface area contributed by atoms with E-state index in [4.69, 9.17) is 14.2 Å². The predicted octanol–water partition coefficient (Wildman–Crippen LogP) is 2.80. The first-order valence-electron chi connectivity index (χ1n) is 7.34. The molecule has 0 saturated carbocycles. The lowest BCUT2D eigenvalue weighted by molar-refractivity contribution is 0.0507. The fraction of sp³-hybridized carbons (Fsp3) is 0.278. The van der Waals surface area contributed by atoms with Crippen LogP contribution in [0, 0.1) is 5.82 Å². The molecule has 6 heteroatoms. The van der Waals surface area contributed by atoms with Gasteiger partial charge in [-0.25, -0.2) is 9.18 Å². The number of methoxy groups -OCH3 is 2. The Bertz CT molecular complexity index is 715. The van der Waals surface area contributed by atoms with Gasteiger partial charge in [0.2, 0.25) is 0 Å². The number of hydrogen-bond donors (Lipinski definition) is 1. The van der Waals surface area contributed by atoms with Gasteiger partial charge in [-0.05, 0) is 47.9 Å². The monoisotopic (exact) mass is 334 g/mol. The zero-order chi connectivity index (χ0) is 17.5. The number of halogens is 1. The van der Waals surface area contributed by atoms with Crippen LogP contribution < -0.4 is 4.74 Å². The van der Waals surface area contributed by atoms with E-state index in [1.807, 2.05) is 0 Å². The van der Waals surface area contributed by atoms with Crippen molar-refractivity contribution in [2.24, 2.45) is 0 Å². The molecule has 0 saturated heterocycles. The van der Waals surface area contributed by atoms with Crippen molar-refractivity contribution >= 4 is 5.97 Å². The van der Waals surface area contributed by atoms with Crippen molar-refractivity contribution in [3.05, 3.63) is 53.3 Å². The molecule has 2 aromatic carbocycles. The summed E-state index contributed by atoms with van der Waals surface area (Å²) in [6.45, 7) is -0.112. The van der Waals surface area contributed by atoms with E-state index in [9.17, 15) is 14.3 Å². The van der Waals surface area contributed by atoms with E-state index in [1.165, 1.54) is 26.4 Å². The largest absolute Gasteiger partial charge is 0.467 e. The third kappa shape index (κ3) is 4.10. The van der Waals surface area contributed by atoms with E-state index in [0.29, 0.717) is 34.4 Å². The Labute approximate surface area is 139 Å². The van der Waals surface area contributed by atoms with Crippen LogP contribution in [0.2, 0.25) is 0 Å². The summed E-state index contributed by atoms with van der Waals surface area (Å²) < 4.78 is 28.7. The van der Waals surface area contributed by atoms with Crippen molar-refractivity contribution in [2.45, 2.75) is 6.42 Å².